The third-order valence-electron chi connectivity index (χ3n) is 5.61. The van der Waals surface area contributed by atoms with Crippen LogP contribution >= 0.6 is 0 Å². The molecule has 2 saturated heterocycles. The van der Waals surface area contributed by atoms with E-state index in [-0.39, 0.29) is 50.6 Å². The molecule has 2 aliphatic rings. The average molecular weight is 469 g/mol. The number of halogens is 1. The van der Waals surface area contributed by atoms with Gasteiger partial charge in [-0.1, -0.05) is 0 Å². The second-order valence-electron chi connectivity index (χ2n) is 7.88. The van der Waals surface area contributed by atoms with E-state index in [0.717, 1.165) is 6.26 Å². The van der Waals surface area contributed by atoms with E-state index in [1.54, 1.807) is 11.0 Å². The minimum atomic E-state index is -3.77. The molecule has 13 heteroatoms. The predicted molar refractivity (Wildman–Crippen MR) is 113 cm³/mol. The zero-order chi connectivity index (χ0) is 23.7. The predicted octanol–water partition coefficient (Wildman–Crippen LogP) is 0.285. The second-order valence-corrected chi connectivity index (χ2v) is 9.74. The van der Waals surface area contributed by atoms with Crippen LogP contribution in [-0.4, -0.2) is 68.9 Å². The molecule has 2 heterocycles. The molecule has 0 aliphatic carbocycles. The first kappa shape index (κ1) is 23.7. The lowest BCUT2D eigenvalue weighted by atomic mass is 9.89. The van der Waals surface area contributed by atoms with E-state index in [1.807, 2.05) is 6.07 Å². The van der Waals surface area contributed by atoms with Gasteiger partial charge in [-0.2, -0.15) is 5.26 Å². The Labute approximate surface area is 185 Å². The summed E-state index contributed by atoms with van der Waals surface area (Å²) in [5.74, 6) is 4.88. The Hall–Kier alpha value is -2.95. The minimum absolute atomic E-state index is 0.109. The van der Waals surface area contributed by atoms with Gasteiger partial charge >= 0.3 is 6.09 Å². The lowest BCUT2D eigenvalue weighted by Crippen LogP contribution is -2.59. The highest BCUT2D eigenvalue weighted by Gasteiger charge is 2.44. The lowest BCUT2D eigenvalue weighted by molar-refractivity contribution is -0.119. The van der Waals surface area contributed by atoms with Crippen molar-refractivity contribution >= 4 is 33.4 Å². The van der Waals surface area contributed by atoms with Gasteiger partial charge in [0.15, 0.2) is 0 Å². The molecule has 11 nitrogen and oxygen atoms in total. The first-order valence-corrected chi connectivity index (χ1v) is 11.7. The van der Waals surface area contributed by atoms with Crippen LogP contribution in [0, 0.1) is 17.1 Å². The summed E-state index contributed by atoms with van der Waals surface area (Å²) in [6, 6.07) is 6.32. The standard InChI is InChI=1S/C19H25FN6O5S/c1-13(27)23-10-15-11-25(18(28)31-15)14-3-4-17(16(20)9-14)24-7-5-19(12-21,6-8-24)26(22)32(2,29)30/h3-4,9,15H,5-8,10-11,22H2,1-2H3,(H,23,27)/t15-/m0/s1. The van der Waals surface area contributed by atoms with Crippen LogP contribution in [0.15, 0.2) is 18.2 Å². The first-order chi connectivity index (χ1) is 15.0. The van der Waals surface area contributed by atoms with Gasteiger partial charge in [0.1, 0.15) is 17.5 Å². The summed E-state index contributed by atoms with van der Waals surface area (Å²) in [5.41, 5.74) is -0.802. The topological polar surface area (TPSA) is 149 Å². The molecule has 2 aliphatic heterocycles. The molecule has 3 N–H and O–H groups in total. The zero-order valence-electron chi connectivity index (χ0n) is 17.7. The number of sulfonamides is 1. The molecule has 1 atom stereocenters. The molecule has 0 radical (unpaired) electrons. The lowest BCUT2D eigenvalue weighted by Gasteiger charge is -2.41. The molecule has 0 saturated carbocycles. The Morgan fingerprint density at radius 2 is 2.09 bits per heavy atom. The summed E-state index contributed by atoms with van der Waals surface area (Å²) in [7, 11) is -3.77. The number of hydrogen-bond donors (Lipinski definition) is 2. The summed E-state index contributed by atoms with van der Waals surface area (Å²) in [4.78, 5) is 26.2. The summed E-state index contributed by atoms with van der Waals surface area (Å²) < 4.78 is 44.3. The van der Waals surface area contributed by atoms with Gasteiger partial charge < -0.3 is 15.0 Å². The third-order valence-corrected chi connectivity index (χ3v) is 6.68. The van der Waals surface area contributed by atoms with Crippen molar-refractivity contribution in [2.75, 3.05) is 42.2 Å². The molecule has 3 rings (SSSR count). The minimum Gasteiger partial charge on any atom is -0.442 e. The van der Waals surface area contributed by atoms with Crippen molar-refractivity contribution < 1.29 is 27.1 Å². The van der Waals surface area contributed by atoms with E-state index in [0.29, 0.717) is 10.1 Å². The molecule has 32 heavy (non-hydrogen) atoms. The van der Waals surface area contributed by atoms with Gasteiger partial charge in [0.25, 0.3) is 0 Å². The van der Waals surface area contributed by atoms with E-state index in [1.165, 1.54) is 24.0 Å². The monoisotopic (exact) mass is 468 g/mol. The smallest absolute Gasteiger partial charge is 0.414 e. The van der Waals surface area contributed by atoms with Crippen LogP contribution in [0.25, 0.3) is 0 Å². The molecule has 0 aromatic heterocycles. The van der Waals surface area contributed by atoms with E-state index in [9.17, 15) is 27.7 Å². The average Bonchev–Trinajstić information content (AvgIpc) is 3.12. The maximum absolute atomic E-state index is 14.9. The van der Waals surface area contributed by atoms with Crippen LogP contribution in [-0.2, 0) is 19.6 Å². The number of piperidine rings is 1. The molecule has 0 spiro atoms. The Balaban J connectivity index is 1.70. The molecule has 1 aromatic rings. The van der Waals surface area contributed by atoms with Gasteiger partial charge in [-0.25, -0.2) is 17.6 Å². The number of benzene rings is 1. The number of nitriles is 1. The summed E-state index contributed by atoms with van der Waals surface area (Å²) >= 11 is 0. The summed E-state index contributed by atoms with van der Waals surface area (Å²) in [6.45, 7) is 2.13. The maximum atomic E-state index is 14.9. The van der Waals surface area contributed by atoms with Gasteiger partial charge in [0.05, 0.1) is 36.8 Å². The summed E-state index contributed by atoms with van der Waals surface area (Å²) in [5, 5.41) is 12.1. The summed E-state index contributed by atoms with van der Waals surface area (Å²) in [6.07, 6.45) is -0.0202. The molecule has 0 unspecified atom stereocenters. The quantitative estimate of drug-likeness (QED) is 0.447. The van der Waals surface area contributed by atoms with Crippen LogP contribution < -0.4 is 21.0 Å². The Kier molecular flexibility index (Phi) is 6.59. The number of anilines is 2. The van der Waals surface area contributed by atoms with Gasteiger partial charge in [-0.3, -0.25) is 15.5 Å². The fourth-order valence-electron chi connectivity index (χ4n) is 3.83. The molecule has 174 valence electrons. The zero-order valence-corrected chi connectivity index (χ0v) is 18.6. The maximum Gasteiger partial charge on any atom is 0.414 e. The fraction of sp³-hybridized carbons (Fsp3) is 0.526. The highest BCUT2D eigenvalue weighted by atomic mass is 32.2. The number of nitrogens with zero attached hydrogens (tertiary/aromatic N) is 4. The largest absolute Gasteiger partial charge is 0.442 e. The highest BCUT2D eigenvalue weighted by Crippen LogP contribution is 2.33. The Morgan fingerprint density at radius 1 is 1.44 bits per heavy atom. The number of hydrogen-bond acceptors (Lipinski definition) is 8. The second kappa shape index (κ2) is 8.89. The fourth-order valence-corrected chi connectivity index (χ4v) is 4.69. The molecular formula is C19H25FN6O5S. The third kappa shape index (κ3) is 4.77. The van der Waals surface area contributed by atoms with Gasteiger partial charge in [0.2, 0.25) is 15.9 Å². The van der Waals surface area contributed by atoms with E-state index in [2.05, 4.69) is 5.32 Å². The number of amides is 2. The van der Waals surface area contributed by atoms with Crippen molar-refractivity contribution in [1.82, 2.24) is 9.73 Å². The van der Waals surface area contributed by atoms with Crippen molar-refractivity contribution in [1.29, 1.82) is 5.26 Å². The number of nitrogens with two attached hydrogens (primary N) is 1. The molecule has 2 amide bonds. The molecule has 0 bridgehead atoms. The SMILES string of the molecule is CC(=O)NC[C@H]1CN(c2ccc(N3CCC(C#N)(N(N)S(C)(=O)=O)CC3)c(F)c2)C(=O)O1. The van der Waals surface area contributed by atoms with Crippen LogP contribution in [0.3, 0.4) is 0 Å². The van der Waals surface area contributed by atoms with E-state index in [4.69, 9.17) is 10.6 Å². The number of ether oxygens (including phenoxy) is 1. The number of nitrogens with one attached hydrogen (secondary N) is 1. The van der Waals surface area contributed by atoms with Crippen molar-refractivity contribution in [2.24, 2.45) is 5.84 Å². The van der Waals surface area contributed by atoms with Crippen LogP contribution in [0.2, 0.25) is 0 Å². The van der Waals surface area contributed by atoms with Crippen LogP contribution in [0.1, 0.15) is 19.8 Å². The van der Waals surface area contributed by atoms with Crippen molar-refractivity contribution in [3.05, 3.63) is 24.0 Å². The van der Waals surface area contributed by atoms with Gasteiger partial charge in [-0.15, -0.1) is 4.41 Å². The van der Waals surface area contributed by atoms with Crippen molar-refractivity contribution in [2.45, 2.75) is 31.4 Å². The number of hydrazine groups is 1. The Morgan fingerprint density at radius 3 is 2.62 bits per heavy atom. The normalized spacial score (nSPS) is 20.8. The molecular weight excluding hydrogens is 443 g/mol. The van der Waals surface area contributed by atoms with Crippen LogP contribution in [0.5, 0.6) is 0 Å². The first-order valence-electron chi connectivity index (χ1n) is 9.90. The molecule has 2 fully saturated rings. The van der Waals surface area contributed by atoms with Crippen molar-refractivity contribution in [3.8, 4) is 6.07 Å². The molecule has 1 aromatic carbocycles. The number of rotatable bonds is 6. The number of carbonyl (C=O) groups excluding carboxylic acids is 2. The van der Waals surface area contributed by atoms with E-state index >= 15 is 0 Å². The van der Waals surface area contributed by atoms with Gasteiger partial charge in [0, 0.05) is 20.0 Å². The highest BCUT2D eigenvalue weighted by molar-refractivity contribution is 7.88. The van der Waals surface area contributed by atoms with Gasteiger partial charge in [-0.05, 0) is 31.0 Å². The Bertz CT molecular complexity index is 1050. The van der Waals surface area contributed by atoms with Crippen LogP contribution in [0.4, 0.5) is 20.6 Å². The van der Waals surface area contributed by atoms with Crippen molar-refractivity contribution in [3.63, 3.8) is 0 Å². The number of cyclic esters (lactones) is 1. The number of carbonyl (C=O) groups is 2. The van der Waals surface area contributed by atoms with E-state index < -0.39 is 33.6 Å².